The largest absolute Gasteiger partial charge is 0.493 e. The standard InChI is InChI=1S/C32H37FN4O8S/c1-18(2)46(42,43)28-11-9-23(36(3)32(40)41)17-24(28)25-7-6-12-37(25)31(39)29(19-8-10-26(44-4)27(15-19)45-5)35-22-14-20(30(34)38)13-21(33)16-22/h8-11,13-18,25,29,35H,6-7,12H2,1-5H3,(H2,34,38)(H,40,41)/t25-,29-/m1/s1. The van der Waals surface area contributed by atoms with Crippen molar-refractivity contribution in [3.05, 3.63) is 77.1 Å². The number of likely N-dealkylation sites (tertiary alicyclic amines) is 1. The average molecular weight is 657 g/mol. The van der Waals surface area contributed by atoms with E-state index >= 15 is 0 Å². The Bertz CT molecular complexity index is 1760. The lowest BCUT2D eigenvalue weighted by Crippen LogP contribution is -2.38. The Morgan fingerprint density at radius 1 is 1.04 bits per heavy atom. The van der Waals surface area contributed by atoms with Crippen LogP contribution in [0.3, 0.4) is 0 Å². The molecule has 0 bridgehead atoms. The third kappa shape index (κ3) is 6.86. The molecule has 0 aliphatic carbocycles. The summed E-state index contributed by atoms with van der Waals surface area (Å²) in [5, 5.41) is 11.9. The number of sulfone groups is 1. The zero-order chi connectivity index (χ0) is 33.9. The maximum absolute atomic E-state index is 14.6. The third-order valence-corrected chi connectivity index (χ3v) is 10.2. The quantitative estimate of drug-likeness (QED) is 0.264. The van der Waals surface area contributed by atoms with Crippen LogP contribution in [0.15, 0.2) is 59.5 Å². The minimum absolute atomic E-state index is 0.00148. The zero-order valence-corrected chi connectivity index (χ0v) is 26.9. The van der Waals surface area contributed by atoms with Crippen molar-refractivity contribution in [2.75, 3.05) is 38.0 Å². The number of hydrogen-bond acceptors (Lipinski definition) is 8. The normalized spacial score (nSPS) is 15.4. The summed E-state index contributed by atoms with van der Waals surface area (Å²) in [5.41, 5.74) is 6.33. The third-order valence-electron chi connectivity index (χ3n) is 7.97. The molecule has 0 saturated carbocycles. The molecule has 3 aromatic rings. The highest BCUT2D eigenvalue weighted by atomic mass is 32.2. The van der Waals surface area contributed by atoms with Gasteiger partial charge in [-0.1, -0.05) is 6.07 Å². The molecular formula is C32H37FN4O8S. The van der Waals surface area contributed by atoms with Crippen molar-refractivity contribution in [3.63, 3.8) is 0 Å². The van der Waals surface area contributed by atoms with Gasteiger partial charge in [0.15, 0.2) is 21.3 Å². The second-order valence-corrected chi connectivity index (χ2v) is 13.6. The van der Waals surface area contributed by atoms with E-state index in [1.165, 1.54) is 50.4 Å². The number of amides is 3. The van der Waals surface area contributed by atoms with Crippen LogP contribution in [-0.4, -0.2) is 69.4 Å². The first-order chi connectivity index (χ1) is 21.7. The van der Waals surface area contributed by atoms with Gasteiger partial charge in [0.05, 0.1) is 30.4 Å². The van der Waals surface area contributed by atoms with E-state index in [1.54, 1.807) is 32.0 Å². The average Bonchev–Trinajstić information content (AvgIpc) is 3.52. The molecule has 2 atom stereocenters. The molecule has 46 heavy (non-hydrogen) atoms. The van der Waals surface area contributed by atoms with E-state index in [1.807, 2.05) is 0 Å². The number of nitrogens with zero attached hydrogens (tertiary/aromatic N) is 2. The molecule has 0 radical (unpaired) electrons. The fourth-order valence-corrected chi connectivity index (χ4v) is 6.74. The number of benzene rings is 3. The van der Waals surface area contributed by atoms with Crippen molar-refractivity contribution in [3.8, 4) is 11.5 Å². The second-order valence-electron chi connectivity index (χ2n) is 11.1. The number of halogens is 1. The van der Waals surface area contributed by atoms with Gasteiger partial charge in [-0.05, 0) is 86.3 Å². The van der Waals surface area contributed by atoms with E-state index in [-0.39, 0.29) is 33.9 Å². The molecule has 3 amide bonds. The number of nitrogens with two attached hydrogens (primary N) is 1. The topological polar surface area (TPSA) is 169 Å². The molecule has 12 nitrogen and oxygen atoms in total. The van der Waals surface area contributed by atoms with Crippen molar-refractivity contribution >= 4 is 39.1 Å². The number of carbonyl (C=O) groups is 3. The second kappa shape index (κ2) is 13.6. The maximum atomic E-state index is 14.6. The Morgan fingerprint density at radius 3 is 2.35 bits per heavy atom. The fourth-order valence-electron chi connectivity index (χ4n) is 5.45. The van der Waals surface area contributed by atoms with E-state index in [2.05, 4.69) is 5.32 Å². The highest BCUT2D eigenvalue weighted by Crippen LogP contribution is 2.41. The number of ether oxygens (including phenoxy) is 2. The van der Waals surface area contributed by atoms with E-state index in [4.69, 9.17) is 15.2 Å². The van der Waals surface area contributed by atoms with Crippen molar-refractivity contribution in [2.24, 2.45) is 5.73 Å². The van der Waals surface area contributed by atoms with Gasteiger partial charge in [-0.15, -0.1) is 0 Å². The summed E-state index contributed by atoms with van der Waals surface area (Å²) >= 11 is 0. The van der Waals surface area contributed by atoms with Crippen LogP contribution in [0.4, 0.5) is 20.6 Å². The highest BCUT2D eigenvalue weighted by molar-refractivity contribution is 7.92. The van der Waals surface area contributed by atoms with Crippen LogP contribution >= 0.6 is 0 Å². The molecule has 3 aromatic carbocycles. The number of anilines is 2. The van der Waals surface area contributed by atoms with E-state index in [0.717, 1.165) is 17.0 Å². The molecule has 1 aliphatic heterocycles. The summed E-state index contributed by atoms with van der Waals surface area (Å²) in [4.78, 5) is 40.7. The summed E-state index contributed by atoms with van der Waals surface area (Å²) in [6, 6.07) is 10.6. The Balaban J connectivity index is 1.86. The Morgan fingerprint density at radius 2 is 1.74 bits per heavy atom. The first kappa shape index (κ1) is 34.0. The lowest BCUT2D eigenvalue weighted by atomic mass is 10.00. The van der Waals surface area contributed by atoms with Crippen LogP contribution in [-0.2, 0) is 14.6 Å². The number of hydrogen-bond donors (Lipinski definition) is 3. The van der Waals surface area contributed by atoms with Crippen LogP contribution in [0.1, 0.15) is 60.3 Å². The lowest BCUT2D eigenvalue weighted by Gasteiger charge is -2.32. The Kier molecular flexibility index (Phi) is 10.1. The fraction of sp³-hybridized carbons (Fsp3) is 0.344. The minimum atomic E-state index is -3.85. The molecule has 1 aliphatic rings. The Hall–Kier alpha value is -4.85. The highest BCUT2D eigenvalue weighted by Gasteiger charge is 2.38. The van der Waals surface area contributed by atoms with Gasteiger partial charge in [0.25, 0.3) is 0 Å². The predicted molar refractivity (Wildman–Crippen MR) is 170 cm³/mol. The summed E-state index contributed by atoms with van der Waals surface area (Å²) in [5.74, 6) is -1.37. The lowest BCUT2D eigenvalue weighted by molar-refractivity contribution is -0.133. The van der Waals surface area contributed by atoms with Gasteiger partial charge < -0.3 is 30.5 Å². The van der Waals surface area contributed by atoms with E-state index in [0.29, 0.717) is 29.9 Å². The minimum Gasteiger partial charge on any atom is -0.493 e. The molecule has 0 aromatic heterocycles. The maximum Gasteiger partial charge on any atom is 0.411 e. The molecule has 4 N–H and O–H groups in total. The first-order valence-corrected chi connectivity index (χ1v) is 16.0. The van der Waals surface area contributed by atoms with Crippen molar-refractivity contribution in [2.45, 2.75) is 48.9 Å². The van der Waals surface area contributed by atoms with Crippen LogP contribution in [0.25, 0.3) is 0 Å². The molecule has 1 saturated heterocycles. The molecule has 1 fully saturated rings. The summed E-state index contributed by atoms with van der Waals surface area (Å²) in [7, 11) is 0.390. The van der Waals surface area contributed by atoms with E-state index < -0.39 is 50.9 Å². The summed E-state index contributed by atoms with van der Waals surface area (Å²) in [6.07, 6.45) is -0.314. The van der Waals surface area contributed by atoms with Crippen LogP contribution in [0.2, 0.25) is 0 Å². The van der Waals surface area contributed by atoms with Crippen molar-refractivity contribution < 1.29 is 41.8 Å². The van der Waals surface area contributed by atoms with Crippen LogP contribution in [0, 0.1) is 5.82 Å². The monoisotopic (exact) mass is 656 g/mol. The number of methoxy groups -OCH3 is 2. The van der Waals surface area contributed by atoms with Gasteiger partial charge in [-0.2, -0.15) is 0 Å². The van der Waals surface area contributed by atoms with Gasteiger partial charge in [0, 0.05) is 30.5 Å². The molecular weight excluding hydrogens is 619 g/mol. The van der Waals surface area contributed by atoms with Crippen molar-refractivity contribution in [1.82, 2.24) is 4.90 Å². The SMILES string of the molecule is COc1ccc([C@@H](Nc2cc(F)cc(C(N)=O)c2)C(=O)N2CCC[C@@H]2c2cc(N(C)C(=O)O)ccc2S(=O)(=O)C(C)C)cc1OC. The van der Waals surface area contributed by atoms with Gasteiger partial charge in [0.2, 0.25) is 11.8 Å². The van der Waals surface area contributed by atoms with Gasteiger partial charge in [-0.3, -0.25) is 14.5 Å². The van der Waals surface area contributed by atoms with Crippen molar-refractivity contribution in [1.29, 1.82) is 0 Å². The first-order valence-electron chi connectivity index (χ1n) is 14.4. The van der Waals surface area contributed by atoms with Gasteiger partial charge in [-0.25, -0.2) is 17.6 Å². The number of carboxylic acid groups (broad SMARTS) is 1. The molecule has 4 rings (SSSR count). The number of carbonyl (C=O) groups excluding carboxylic acids is 2. The number of primary amides is 1. The summed E-state index contributed by atoms with van der Waals surface area (Å²) in [6.45, 7) is 3.35. The molecule has 0 unspecified atom stereocenters. The predicted octanol–water partition coefficient (Wildman–Crippen LogP) is 4.76. The van der Waals surface area contributed by atoms with Crippen LogP contribution in [0.5, 0.6) is 11.5 Å². The molecule has 246 valence electrons. The number of rotatable bonds is 11. The molecule has 1 heterocycles. The zero-order valence-electron chi connectivity index (χ0n) is 26.1. The Labute approximate surface area is 266 Å². The smallest absolute Gasteiger partial charge is 0.411 e. The molecule has 0 spiro atoms. The van der Waals surface area contributed by atoms with Gasteiger partial charge >= 0.3 is 6.09 Å². The molecule has 14 heteroatoms. The van der Waals surface area contributed by atoms with Gasteiger partial charge in [0.1, 0.15) is 11.9 Å². The number of nitrogens with one attached hydrogen (secondary N) is 1. The van der Waals surface area contributed by atoms with E-state index in [9.17, 15) is 32.3 Å². The van der Waals surface area contributed by atoms with Crippen LogP contribution < -0.4 is 25.4 Å². The summed E-state index contributed by atoms with van der Waals surface area (Å²) < 4.78 is 52.4.